The first-order valence-corrected chi connectivity index (χ1v) is 7.36. The summed E-state index contributed by atoms with van der Waals surface area (Å²) in [6.07, 6.45) is 1.12. The molecule has 1 atom stereocenters. The quantitative estimate of drug-likeness (QED) is 0.673. The van der Waals surface area contributed by atoms with Crippen LogP contribution in [0.1, 0.15) is 12.0 Å². The summed E-state index contributed by atoms with van der Waals surface area (Å²) in [7, 11) is 1.58. The van der Waals surface area contributed by atoms with Gasteiger partial charge in [-0.15, -0.1) is 11.6 Å². The van der Waals surface area contributed by atoms with Crippen LogP contribution in [0.4, 0.5) is 13.2 Å². The molecule has 0 aliphatic carbocycles. The average molecular weight is 313 g/mol. The van der Waals surface area contributed by atoms with Gasteiger partial charge in [-0.25, -0.2) is 0 Å². The largest absolute Gasteiger partial charge is 0.497 e. The van der Waals surface area contributed by atoms with Crippen molar-refractivity contribution in [1.29, 1.82) is 0 Å². The van der Waals surface area contributed by atoms with Gasteiger partial charge in [0.1, 0.15) is 5.75 Å². The van der Waals surface area contributed by atoms with Crippen molar-refractivity contribution in [3.05, 3.63) is 29.8 Å². The van der Waals surface area contributed by atoms with Crippen molar-refractivity contribution in [2.45, 2.75) is 18.3 Å². The molecule has 1 aromatic carbocycles. The minimum Gasteiger partial charge on any atom is -0.497 e. The van der Waals surface area contributed by atoms with Gasteiger partial charge in [0, 0.05) is 11.6 Å². The minimum absolute atomic E-state index is 0.0122. The average Bonchev–Trinajstić information content (AvgIpc) is 2.36. The van der Waals surface area contributed by atoms with Crippen molar-refractivity contribution in [3.8, 4) is 5.75 Å². The second-order valence-corrected chi connectivity index (χ2v) is 5.63. The molecule has 0 saturated carbocycles. The summed E-state index contributed by atoms with van der Waals surface area (Å²) >= 11 is 5.83. The Kier molecular flexibility index (Phi) is 6.86. The summed E-state index contributed by atoms with van der Waals surface area (Å²) in [5.74, 6) is 1.19. The van der Waals surface area contributed by atoms with E-state index in [-0.39, 0.29) is 23.4 Å². The van der Waals surface area contributed by atoms with Crippen molar-refractivity contribution >= 4 is 23.4 Å². The molecule has 0 heterocycles. The Labute approximate surface area is 120 Å². The predicted octanol–water partition coefficient (Wildman–Crippen LogP) is 4.74. The highest BCUT2D eigenvalue weighted by molar-refractivity contribution is 8.00. The zero-order valence-electron chi connectivity index (χ0n) is 10.5. The molecule has 0 bridgehead atoms. The lowest BCUT2D eigenvalue weighted by Crippen LogP contribution is -2.10. The number of thioether (sulfide) groups is 1. The van der Waals surface area contributed by atoms with E-state index in [9.17, 15) is 13.2 Å². The van der Waals surface area contributed by atoms with Gasteiger partial charge < -0.3 is 4.74 Å². The third-order valence-corrected chi connectivity index (χ3v) is 3.87. The third-order valence-electron chi connectivity index (χ3n) is 2.67. The fourth-order valence-corrected chi connectivity index (χ4v) is 2.65. The Morgan fingerprint density at radius 3 is 2.68 bits per heavy atom. The molecule has 0 saturated heterocycles. The van der Waals surface area contributed by atoms with Crippen LogP contribution in [0.25, 0.3) is 0 Å². The van der Waals surface area contributed by atoms with Gasteiger partial charge in [-0.1, -0.05) is 23.9 Å². The summed E-state index contributed by atoms with van der Waals surface area (Å²) in [6.45, 7) is 0. The number of rotatable bonds is 7. The van der Waals surface area contributed by atoms with Crippen LogP contribution in [0.3, 0.4) is 0 Å². The van der Waals surface area contributed by atoms with Crippen molar-refractivity contribution in [2.75, 3.05) is 18.7 Å². The first-order chi connectivity index (χ1) is 8.94. The van der Waals surface area contributed by atoms with E-state index in [2.05, 4.69) is 0 Å². The van der Waals surface area contributed by atoms with Gasteiger partial charge in [-0.05, 0) is 36.5 Å². The van der Waals surface area contributed by atoms with Crippen LogP contribution in [-0.2, 0) is 6.42 Å². The lowest BCUT2D eigenvalue weighted by Gasteiger charge is -2.14. The fourth-order valence-electron chi connectivity index (χ4n) is 1.71. The molecule has 1 unspecified atom stereocenters. The SMILES string of the molecule is COc1cccc(CC(CCl)CCSC(F)(F)F)c1. The molecule has 6 heteroatoms. The summed E-state index contributed by atoms with van der Waals surface area (Å²) in [4.78, 5) is 0. The second-order valence-electron chi connectivity index (χ2n) is 4.16. The Bertz CT molecular complexity index is 384. The van der Waals surface area contributed by atoms with E-state index in [1.54, 1.807) is 7.11 Å². The Morgan fingerprint density at radius 2 is 2.11 bits per heavy atom. The van der Waals surface area contributed by atoms with Gasteiger partial charge in [0.2, 0.25) is 0 Å². The molecule has 0 amide bonds. The summed E-state index contributed by atoms with van der Waals surface area (Å²) in [5, 5.41) is 0. The highest BCUT2D eigenvalue weighted by Gasteiger charge is 2.28. The Morgan fingerprint density at radius 1 is 1.37 bits per heavy atom. The number of ether oxygens (including phenoxy) is 1. The number of halogens is 4. The van der Waals surface area contributed by atoms with Crippen LogP contribution < -0.4 is 4.74 Å². The summed E-state index contributed by atoms with van der Waals surface area (Å²) in [6, 6.07) is 7.51. The molecule has 0 aromatic heterocycles. The molecule has 0 radical (unpaired) electrons. The summed E-state index contributed by atoms with van der Waals surface area (Å²) < 4.78 is 41.3. The minimum atomic E-state index is -4.16. The van der Waals surface area contributed by atoms with E-state index in [4.69, 9.17) is 16.3 Å². The molecule has 0 aliphatic heterocycles. The second kappa shape index (κ2) is 7.90. The van der Waals surface area contributed by atoms with Crippen LogP contribution in [0.15, 0.2) is 24.3 Å². The smallest absolute Gasteiger partial charge is 0.441 e. The first kappa shape index (κ1) is 16.5. The molecular formula is C13H16ClF3OS. The zero-order valence-corrected chi connectivity index (χ0v) is 12.1. The highest BCUT2D eigenvalue weighted by atomic mass is 35.5. The number of alkyl halides is 4. The number of hydrogen-bond acceptors (Lipinski definition) is 2. The summed E-state index contributed by atoms with van der Waals surface area (Å²) in [5.41, 5.74) is -3.13. The van der Waals surface area contributed by atoms with Crippen molar-refractivity contribution in [3.63, 3.8) is 0 Å². The number of methoxy groups -OCH3 is 1. The highest BCUT2D eigenvalue weighted by Crippen LogP contribution is 2.32. The van der Waals surface area contributed by atoms with E-state index in [0.29, 0.717) is 18.7 Å². The third kappa shape index (κ3) is 6.97. The zero-order chi connectivity index (χ0) is 14.3. The van der Waals surface area contributed by atoms with E-state index in [1.165, 1.54) is 0 Å². The molecule has 1 nitrogen and oxygen atoms in total. The molecule has 1 rings (SSSR count). The lowest BCUT2D eigenvalue weighted by atomic mass is 9.98. The van der Waals surface area contributed by atoms with Gasteiger partial charge in [0.25, 0.3) is 0 Å². The fraction of sp³-hybridized carbons (Fsp3) is 0.538. The number of benzene rings is 1. The van der Waals surface area contributed by atoms with Crippen LogP contribution >= 0.6 is 23.4 Å². The lowest BCUT2D eigenvalue weighted by molar-refractivity contribution is -0.0328. The molecule has 0 spiro atoms. The maximum absolute atomic E-state index is 12.0. The maximum atomic E-state index is 12.0. The normalized spacial score (nSPS) is 13.3. The molecule has 0 aliphatic rings. The Hall–Kier alpha value is -0.550. The molecule has 0 fully saturated rings. The Balaban J connectivity index is 2.47. The van der Waals surface area contributed by atoms with E-state index in [0.717, 1.165) is 11.3 Å². The molecular weight excluding hydrogens is 297 g/mol. The van der Waals surface area contributed by atoms with Crippen LogP contribution in [-0.4, -0.2) is 24.3 Å². The predicted molar refractivity (Wildman–Crippen MR) is 74.0 cm³/mol. The van der Waals surface area contributed by atoms with Crippen molar-refractivity contribution in [1.82, 2.24) is 0 Å². The van der Waals surface area contributed by atoms with E-state index in [1.807, 2.05) is 24.3 Å². The topological polar surface area (TPSA) is 9.23 Å². The maximum Gasteiger partial charge on any atom is 0.441 e. The van der Waals surface area contributed by atoms with Gasteiger partial charge in [0.15, 0.2) is 0 Å². The van der Waals surface area contributed by atoms with Crippen LogP contribution in [0.2, 0.25) is 0 Å². The van der Waals surface area contributed by atoms with E-state index < -0.39 is 5.51 Å². The molecule has 19 heavy (non-hydrogen) atoms. The van der Waals surface area contributed by atoms with Crippen molar-refractivity contribution in [2.24, 2.45) is 5.92 Å². The molecule has 108 valence electrons. The first-order valence-electron chi connectivity index (χ1n) is 5.84. The number of hydrogen-bond donors (Lipinski definition) is 0. The molecule has 0 N–H and O–H groups in total. The standard InChI is InChI=1S/C13H16ClF3OS/c1-18-12-4-2-3-10(8-12)7-11(9-14)5-6-19-13(15,16)17/h2-4,8,11H,5-7,9H2,1H3. The van der Waals surface area contributed by atoms with Gasteiger partial charge >= 0.3 is 5.51 Å². The monoisotopic (exact) mass is 312 g/mol. The van der Waals surface area contributed by atoms with Gasteiger partial charge in [-0.3, -0.25) is 0 Å². The van der Waals surface area contributed by atoms with E-state index >= 15 is 0 Å². The van der Waals surface area contributed by atoms with Crippen molar-refractivity contribution < 1.29 is 17.9 Å². The van der Waals surface area contributed by atoms with Gasteiger partial charge in [-0.2, -0.15) is 13.2 Å². The molecule has 1 aromatic rings. The van der Waals surface area contributed by atoms with Gasteiger partial charge in [0.05, 0.1) is 7.11 Å². The van der Waals surface area contributed by atoms with Crippen LogP contribution in [0.5, 0.6) is 5.75 Å². The van der Waals surface area contributed by atoms with Crippen LogP contribution in [0, 0.1) is 5.92 Å².